The second kappa shape index (κ2) is 5.82. The van der Waals surface area contributed by atoms with E-state index in [1.54, 1.807) is 19.4 Å². The van der Waals surface area contributed by atoms with Gasteiger partial charge in [0.1, 0.15) is 0 Å². The lowest BCUT2D eigenvalue weighted by Crippen LogP contribution is -2.34. The van der Waals surface area contributed by atoms with Gasteiger partial charge in [-0.3, -0.25) is 0 Å². The number of hydrogen-bond donors (Lipinski definition) is 1. The number of rotatable bonds is 6. The van der Waals surface area contributed by atoms with Gasteiger partial charge in [0.25, 0.3) is 0 Å². The van der Waals surface area contributed by atoms with Crippen molar-refractivity contribution in [2.24, 2.45) is 5.41 Å². The monoisotopic (exact) mass is 238 g/mol. The van der Waals surface area contributed by atoms with Gasteiger partial charge in [0.2, 0.25) is 11.8 Å². The number of anilines is 1. The molecule has 0 aliphatic rings. The summed E-state index contributed by atoms with van der Waals surface area (Å²) in [6, 6.07) is 1.73. The summed E-state index contributed by atoms with van der Waals surface area (Å²) in [7, 11) is 5.75. The Bertz CT molecular complexity index is 352. The van der Waals surface area contributed by atoms with Crippen molar-refractivity contribution in [1.82, 2.24) is 14.9 Å². The Hall–Kier alpha value is -1.36. The van der Waals surface area contributed by atoms with Gasteiger partial charge in [0.05, 0.1) is 7.11 Å². The largest absolute Gasteiger partial charge is 0.481 e. The fourth-order valence-corrected chi connectivity index (χ4v) is 1.77. The average molecular weight is 238 g/mol. The van der Waals surface area contributed by atoms with Crippen LogP contribution in [-0.4, -0.2) is 49.2 Å². The second-order valence-corrected chi connectivity index (χ2v) is 5.18. The summed E-state index contributed by atoms with van der Waals surface area (Å²) in [5.74, 6) is 1.18. The number of methoxy groups -OCH3 is 1. The van der Waals surface area contributed by atoms with E-state index in [-0.39, 0.29) is 5.41 Å². The highest BCUT2D eigenvalue weighted by Gasteiger charge is 2.18. The number of aromatic nitrogens is 2. The van der Waals surface area contributed by atoms with E-state index in [1.165, 1.54) is 0 Å². The Morgan fingerprint density at radius 2 is 2.12 bits per heavy atom. The Morgan fingerprint density at radius 1 is 1.41 bits per heavy atom. The molecule has 0 radical (unpaired) electrons. The third-order valence-electron chi connectivity index (χ3n) is 2.31. The van der Waals surface area contributed by atoms with Crippen LogP contribution >= 0.6 is 0 Å². The average Bonchev–Trinajstić information content (AvgIpc) is 2.25. The zero-order valence-electron chi connectivity index (χ0n) is 11.3. The van der Waals surface area contributed by atoms with Crippen molar-refractivity contribution in [3.8, 4) is 5.88 Å². The smallest absolute Gasteiger partial charge is 0.225 e. The van der Waals surface area contributed by atoms with Crippen LogP contribution in [0.2, 0.25) is 0 Å². The lowest BCUT2D eigenvalue weighted by Gasteiger charge is -2.28. The van der Waals surface area contributed by atoms with Crippen molar-refractivity contribution in [2.75, 3.05) is 39.6 Å². The van der Waals surface area contributed by atoms with Gasteiger partial charge in [-0.1, -0.05) is 13.8 Å². The first-order chi connectivity index (χ1) is 7.93. The van der Waals surface area contributed by atoms with E-state index in [0.29, 0.717) is 11.8 Å². The summed E-state index contributed by atoms with van der Waals surface area (Å²) in [5.41, 5.74) is 0.163. The molecule has 1 aromatic heterocycles. The highest BCUT2D eigenvalue weighted by Crippen LogP contribution is 2.16. The van der Waals surface area contributed by atoms with Crippen molar-refractivity contribution < 1.29 is 4.74 Å². The minimum atomic E-state index is 0.163. The van der Waals surface area contributed by atoms with Crippen LogP contribution in [0.25, 0.3) is 0 Å². The van der Waals surface area contributed by atoms with Crippen molar-refractivity contribution in [1.29, 1.82) is 0 Å². The molecule has 96 valence electrons. The van der Waals surface area contributed by atoms with Crippen molar-refractivity contribution in [3.63, 3.8) is 0 Å². The van der Waals surface area contributed by atoms with Gasteiger partial charge in [-0.2, -0.15) is 4.98 Å². The van der Waals surface area contributed by atoms with Gasteiger partial charge >= 0.3 is 0 Å². The molecule has 0 saturated carbocycles. The third kappa shape index (κ3) is 4.99. The summed E-state index contributed by atoms with van der Waals surface area (Å²) in [5, 5.41) is 3.24. The first-order valence-electron chi connectivity index (χ1n) is 5.68. The van der Waals surface area contributed by atoms with E-state index in [9.17, 15) is 0 Å². The molecular weight excluding hydrogens is 216 g/mol. The van der Waals surface area contributed by atoms with Crippen LogP contribution in [-0.2, 0) is 0 Å². The predicted molar refractivity (Wildman–Crippen MR) is 69.4 cm³/mol. The minimum absolute atomic E-state index is 0.163. The summed E-state index contributed by atoms with van der Waals surface area (Å²) < 4.78 is 5.05. The van der Waals surface area contributed by atoms with Crippen molar-refractivity contribution >= 4 is 5.95 Å². The number of nitrogens with one attached hydrogen (secondary N) is 1. The van der Waals surface area contributed by atoms with Gasteiger partial charge in [-0.15, -0.1) is 0 Å². The van der Waals surface area contributed by atoms with Crippen LogP contribution in [0.4, 0.5) is 5.95 Å². The molecule has 0 aromatic carbocycles. The second-order valence-electron chi connectivity index (χ2n) is 5.18. The van der Waals surface area contributed by atoms with Crippen LogP contribution in [0, 0.1) is 5.41 Å². The molecule has 0 aliphatic heterocycles. The molecule has 1 aromatic rings. The molecule has 1 rings (SSSR count). The maximum absolute atomic E-state index is 5.05. The molecule has 17 heavy (non-hydrogen) atoms. The molecule has 1 heterocycles. The van der Waals surface area contributed by atoms with Crippen LogP contribution in [0.1, 0.15) is 13.8 Å². The highest BCUT2D eigenvalue weighted by atomic mass is 16.5. The lowest BCUT2D eigenvalue weighted by molar-refractivity contribution is 0.253. The van der Waals surface area contributed by atoms with E-state index >= 15 is 0 Å². The molecule has 0 atom stereocenters. The summed E-state index contributed by atoms with van der Waals surface area (Å²) >= 11 is 0. The SMILES string of the molecule is COc1ccnc(NCC(C)(C)CN(C)C)n1. The van der Waals surface area contributed by atoms with E-state index in [1.807, 2.05) is 0 Å². The predicted octanol–water partition coefficient (Wildman–Crippen LogP) is 1.48. The number of hydrogen-bond acceptors (Lipinski definition) is 5. The zero-order valence-corrected chi connectivity index (χ0v) is 11.3. The fraction of sp³-hybridized carbons (Fsp3) is 0.667. The Morgan fingerprint density at radius 3 is 2.71 bits per heavy atom. The van der Waals surface area contributed by atoms with E-state index < -0.39 is 0 Å². The molecule has 0 spiro atoms. The number of ether oxygens (including phenoxy) is 1. The molecule has 0 amide bonds. The molecule has 0 aliphatic carbocycles. The summed E-state index contributed by atoms with van der Waals surface area (Å²) in [4.78, 5) is 10.5. The summed E-state index contributed by atoms with van der Waals surface area (Å²) in [6.07, 6.45) is 1.69. The first kappa shape index (κ1) is 13.7. The molecular formula is C12H22N4O. The van der Waals surface area contributed by atoms with Gasteiger partial charge in [-0.05, 0) is 19.5 Å². The lowest BCUT2D eigenvalue weighted by atomic mass is 9.93. The highest BCUT2D eigenvalue weighted by molar-refractivity contribution is 5.27. The van der Waals surface area contributed by atoms with Gasteiger partial charge in [0, 0.05) is 25.4 Å². The van der Waals surface area contributed by atoms with E-state index in [4.69, 9.17) is 4.74 Å². The van der Waals surface area contributed by atoms with Crippen molar-refractivity contribution in [3.05, 3.63) is 12.3 Å². The molecule has 0 saturated heterocycles. The number of nitrogens with zero attached hydrogens (tertiary/aromatic N) is 3. The minimum Gasteiger partial charge on any atom is -0.481 e. The maximum atomic E-state index is 5.05. The van der Waals surface area contributed by atoms with Gasteiger partial charge < -0.3 is 15.0 Å². The van der Waals surface area contributed by atoms with Crippen LogP contribution in [0.5, 0.6) is 5.88 Å². The van der Waals surface area contributed by atoms with Crippen molar-refractivity contribution in [2.45, 2.75) is 13.8 Å². The normalized spacial score (nSPS) is 11.6. The van der Waals surface area contributed by atoms with Gasteiger partial charge in [0.15, 0.2) is 0 Å². The van der Waals surface area contributed by atoms with Crippen LogP contribution in [0.15, 0.2) is 12.3 Å². The maximum Gasteiger partial charge on any atom is 0.225 e. The Balaban J connectivity index is 2.54. The molecule has 0 unspecified atom stereocenters. The van der Waals surface area contributed by atoms with E-state index in [2.05, 4.69) is 48.1 Å². The fourth-order valence-electron chi connectivity index (χ4n) is 1.77. The first-order valence-corrected chi connectivity index (χ1v) is 5.68. The van der Waals surface area contributed by atoms with E-state index in [0.717, 1.165) is 13.1 Å². The molecule has 5 nitrogen and oxygen atoms in total. The standard InChI is InChI=1S/C12H22N4O/c1-12(2,9-16(3)4)8-14-11-13-7-6-10(15-11)17-5/h6-7H,8-9H2,1-5H3,(H,13,14,15). The molecule has 5 heteroatoms. The Kier molecular flexibility index (Phi) is 4.69. The van der Waals surface area contributed by atoms with Crippen LogP contribution in [0.3, 0.4) is 0 Å². The molecule has 0 bridgehead atoms. The summed E-state index contributed by atoms with van der Waals surface area (Å²) in [6.45, 7) is 6.24. The van der Waals surface area contributed by atoms with Gasteiger partial charge in [-0.25, -0.2) is 4.98 Å². The topological polar surface area (TPSA) is 50.3 Å². The van der Waals surface area contributed by atoms with Crippen LogP contribution < -0.4 is 10.1 Å². The molecule has 0 fully saturated rings. The quantitative estimate of drug-likeness (QED) is 0.813. The Labute approximate surface area is 103 Å². The third-order valence-corrected chi connectivity index (χ3v) is 2.31. The molecule has 1 N–H and O–H groups in total. The zero-order chi connectivity index (χ0) is 12.9.